The molecule has 47 heavy (non-hydrogen) atoms. The Labute approximate surface area is 341 Å². The minimum atomic E-state index is -5.16. The molecule has 0 spiro atoms. The van der Waals surface area contributed by atoms with Crippen molar-refractivity contribution in [1.82, 2.24) is 20.4 Å². The Bertz CT molecular complexity index is 1670. The Kier molecular flexibility index (Phi) is 11.6. The maximum atomic E-state index is 13.0. The summed E-state index contributed by atoms with van der Waals surface area (Å²) in [5, 5.41) is 37.9. The number of likely N-dealkylation sites (N-methyl/N-ethyl adjacent to an activating group) is 1. The molecule has 2 radical (unpaired) electrons. The third-order valence-electron chi connectivity index (χ3n) is 9.93. The van der Waals surface area contributed by atoms with Crippen LogP contribution in [0.3, 0.4) is 0 Å². The van der Waals surface area contributed by atoms with Crippen LogP contribution in [0.1, 0.15) is 58.0 Å². The number of aryl methyl sites for hydroxylation is 1. The van der Waals surface area contributed by atoms with E-state index in [4.69, 9.17) is 9.47 Å². The van der Waals surface area contributed by atoms with Crippen molar-refractivity contribution in [3.05, 3.63) is 45.0 Å². The molecule has 16 heteroatoms. The van der Waals surface area contributed by atoms with Gasteiger partial charge < -0.3 is 30.3 Å². The van der Waals surface area contributed by atoms with Crippen molar-refractivity contribution in [1.29, 1.82) is 5.26 Å². The number of phenolic OH excluding ortho intramolecular Hbond substituents is 2. The molecule has 2 bridgehead atoms. The van der Waals surface area contributed by atoms with Gasteiger partial charge in [-0.25, -0.2) is 0 Å². The number of ether oxygens (including phenoxy) is 2. The van der Waals surface area contributed by atoms with Crippen LogP contribution in [0.4, 0.5) is 13.2 Å². The van der Waals surface area contributed by atoms with Crippen molar-refractivity contribution in [2.75, 3.05) is 20.4 Å². The number of amides is 2. The number of rotatable bonds is 4. The number of hydrogen-bond donors (Lipinski definition) is 4. The summed E-state index contributed by atoms with van der Waals surface area (Å²) in [7, 11) is 1.91. The molecule has 6 rings (SSSR count). The van der Waals surface area contributed by atoms with Crippen LogP contribution in [0.2, 0.25) is 0 Å². The number of nitrogens with one attached hydrogen (secondary N) is 2. The van der Waals surface area contributed by atoms with Crippen LogP contribution in [0.5, 0.6) is 23.0 Å². The number of piperazine rings is 1. The zero-order valence-electron chi connectivity index (χ0n) is 26.5. The van der Waals surface area contributed by atoms with Gasteiger partial charge in [-0.3, -0.25) is 19.4 Å². The number of phenols is 2. The first-order valence-electron chi connectivity index (χ1n) is 14.7. The summed E-state index contributed by atoms with van der Waals surface area (Å²) in [6, 6.07) is 0.326. The van der Waals surface area contributed by atoms with Gasteiger partial charge in [0.1, 0.15) is 23.6 Å². The normalized spacial score (nSPS) is 24.7. The molecule has 0 aromatic heterocycles. The number of hydrogen-bond acceptors (Lipinski definition) is 9. The first kappa shape index (κ1) is 38.5. The van der Waals surface area contributed by atoms with E-state index >= 15 is 0 Å². The van der Waals surface area contributed by atoms with Gasteiger partial charge in [-0.05, 0) is 64.3 Å². The van der Waals surface area contributed by atoms with E-state index in [-0.39, 0.29) is 125 Å². The molecule has 2 aromatic carbocycles. The van der Waals surface area contributed by atoms with E-state index in [1.807, 2.05) is 31.9 Å². The molecule has 1 saturated heterocycles. The molecule has 246 valence electrons. The predicted molar refractivity (Wildman–Crippen MR) is 153 cm³/mol. The summed E-state index contributed by atoms with van der Waals surface area (Å²) in [5.74, 6) is -2.24. The largest absolute Gasteiger partial charge is 0.507 e. The van der Waals surface area contributed by atoms with Gasteiger partial charge in [0, 0.05) is 129 Å². The molecule has 4 aliphatic rings. The minimum Gasteiger partial charge on any atom is -0.507 e. The molecule has 0 aliphatic carbocycles. The van der Waals surface area contributed by atoms with E-state index in [0.717, 1.165) is 29.2 Å². The number of nitrogens with zero attached hydrogens (tertiary/aromatic N) is 3. The number of carbonyl (C=O) groups is 2. The van der Waals surface area contributed by atoms with Crippen molar-refractivity contribution in [2.24, 2.45) is 0 Å². The number of halogens is 3. The summed E-state index contributed by atoms with van der Waals surface area (Å²) in [5.41, 5.74) is 4.89. The standard InChI is InChI=1S/C31H34F3N5O6.2Ac/c1-12-6-16-7-18-20(9-35)39-19(24(38(18)5)22(16)26(41)13(12)2)8-17-23(28-27(44-11-45-28)14(3)25(17)40)21(39)10-36-29(42)15(4)37-30(43)31(32,33)34;;/h6,15,18-21,24,40-41H,7-8,10-11H2,1-5H3,(H,36,42)(H,37,43);;/t15-,18+,19?,20+,21+,24+;;/m1../s1. The Balaban J connectivity index is 0.00000250. The Morgan fingerprint density at radius 2 is 1.72 bits per heavy atom. The monoisotopic (exact) mass is 1080 g/mol. The van der Waals surface area contributed by atoms with Gasteiger partial charge in [0.25, 0.3) is 0 Å². The number of aromatic hydroxyl groups is 2. The molecule has 6 atom stereocenters. The number of alkyl halides is 3. The fourth-order valence-corrected chi connectivity index (χ4v) is 7.60. The molecule has 2 amide bonds. The SMILES string of the molecule is Cc1cc2c(c(O)c1C)[C@@H]1C3Cc4c(O)c(C)c5c(c4[C@H](CNC(=O)[C@@H](C)NC(=O)C(F)(F)F)N3[C@@H](C#N)[C@H](C2)N1C)OCO5.[Ac].[Ac]. The molecule has 4 N–H and O–H groups in total. The number of benzene rings is 2. The van der Waals surface area contributed by atoms with Crippen LogP contribution in [0.15, 0.2) is 6.07 Å². The van der Waals surface area contributed by atoms with E-state index < -0.39 is 48.2 Å². The van der Waals surface area contributed by atoms with Crippen LogP contribution in [-0.2, 0) is 22.4 Å². The van der Waals surface area contributed by atoms with Crippen molar-refractivity contribution in [3.63, 3.8) is 0 Å². The molecule has 4 aliphatic heterocycles. The van der Waals surface area contributed by atoms with Gasteiger partial charge in [-0.15, -0.1) is 0 Å². The van der Waals surface area contributed by atoms with Gasteiger partial charge in [0.15, 0.2) is 11.5 Å². The van der Waals surface area contributed by atoms with Crippen molar-refractivity contribution in [3.8, 4) is 29.1 Å². The summed E-state index contributed by atoms with van der Waals surface area (Å²) in [6.45, 7) is 6.33. The van der Waals surface area contributed by atoms with E-state index in [9.17, 15) is 38.2 Å². The predicted octanol–water partition coefficient (Wildman–Crippen LogP) is 2.71. The van der Waals surface area contributed by atoms with Crippen molar-refractivity contribution < 1.29 is 131 Å². The van der Waals surface area contributed by atoms with Crippen LogP contribution in [-0.4, -0.2) is 82.6 Å². The van der Waals surface area contributed by atoms with E-state index in [2.05, 4.69) is 16.3 Å². The Morgan fingerprint density at radius 3 is 2.36 bits per heavy atom. The summed E-state index contributed by atoms with van der Waals surface area (Å²) >= 11 is 0. The minimum absolute atomic E-state index is 0. The summed E-state index contributed by atoms with van der Waals surface area (Å²) in [4.78, 5) is 28.6. The smallest absolute Gasteiger partial charge is 0.471 e. The number of nitriles is 1. The second-order valence-electron chi connectivity index (χ2n) is 12.3. The second-order valence-corrected chi connectivity index (χ2v) is 12.3. The zero-order valence-corrected chi connectivity index (χ0v) is 36.0. The third-order valence-corrected chi connectivity index (χ3v) is 9.93. The molecule has 4 heterocycles. The number of fused-ring (bicyclic) bond motifs is 9. The van der Waals surface area contributed by atoms with Crippen molar-refractivity contribution >= 4 is 11.8 Å². The number of carbonyl (C=O) groups excluding carboxylic acids is 2. The molecule has 1 fully saturated rings. The average molecular weight is 1080 g/mol. The molecule has 11 nitrogen and oxygen atoms in total. The van der Waals surface area contributed by atoms with E-state index in [0.29, 0.717) is 34.6 Å². The first-order valence-corrected chi connectivity index (χ1v) is 14.7. The van der Waals surface area contributed by atoms with E-state index in [1.165, 1.54) is 0 Å². The first-order chi connectivity index (χ1) is 21.2. The van der Waals surface area contributed by atoms with E-state index in [1.54, 1.807) is 12.2 Å². The molecular weight excluding hydrogens is 1050 g/mol. The van der Waals surface area contributed by atoms with Crippen molar-refractivity contribution in [2.45, 2.75) is 83.0 Å². The van der Waals surface area contributed by atoms with Crippen LogP contribution in [0.25, 0.3) is 0 Å². The second kappa shape index (κ2) is 14.1. The van der Waals surface area contributed by atoms with Crippen LogP contribution >= 0.6 is 0 Å². The Morgan fingerprint density at radius 1 is 1.06 bits per heavy atom. The topological polar surface area (TPSA) is 147 Å². The molecule has 1 unspecified atom stereocenters. The fraction of sp³-hybridized carbons (Fsp3) is 0.516. The maximum Gasteiger partial charge on any atom is 0.471 e. The molecule has 2 aromatic rings. The zero-order chi connectivity index (χ0) is 32.7. The van der Waals surface area contributed by atoms with Gasteiger partial charge >= 0.3 is 12.1 Å². The Hall–Kier alpha value is -1.34. The van der Waals surface area contributed by atoms with Gasteiger partial charge in [0.05, 0.1) is 18.2 Å². The van der Waals surface area contributed by atoms with Crippen LogP contribution in [0, 0.1) is 120 Å². The quantitative estimate of drug-likeness (QED) is 0.364. The third kappa shape index (κ3) is 6.29. The van der Waals surface area contributed by atoms with Gasteiger partial charge in [-0.2, -0.15) is 18.4 Å². The van der Waals surface area contributed by atoms with Crippen LogP contribution < -0.4 is 20.1 Å². The maximum absolute atomic E-state index is 13.0. The molecular formula is C31H34Ac2F3N5O6. The molecule has 0 saturated carbocycles. The fourth-order valence-electron chi connectivity index (χ4n) is 7.60. The summed E-state index contributed by atoms with van der Waals surface area (Å²) < 4.78 is 50.1. The van der Waals surface area contributed by atoms with Gasteiger partial charge in [-0.1, -0.05) is 6.07 Å². The van der Waals surface area contributed by atoms with Gasteiger partial charge in [0.2, 0.25) is 12.7 Å². The summed E-state index contributed by atoms with van der Waals surface area (Å²) in [6.07, 6.45) is -4.41. The average Bonchev–Trinajstić information content (AvgIpc) is 3.47.